The minimum atomic E-state index is -1.58. The summed E-state index contributed by atoms with van der Waals surface area (Å²) in [6.45, 7) is 0. The first-order chi connectivity index (χ1) is 18.9. The number of hydrogen-bond donors (Lipinski definition) is 0. The molecule has 2 aliphatic heterocycles. The molecule has 1 fully saturated rings. The van der Waals surface area contributed by atoms with E-state index < -0.39 is 29.2 Å². The fraction of sp³-hybridized carbons (Fsp3) is 0.121. The normalized spacial score (nSPS) is 22.1. The molecule has 3 unspecified atom stereocenters. The van der Waals surface area contributed by atoms with Gasteiger partial charge in [0, 0.05) is 33.3 Å². The molecule has 0 bridgehead atoms. The molecule has 1 aliphatic carbocycles. The van der Waals surface area contributed by atoms with Gasteiger partial charge in [-0.1, -0.05) is 78.4 Å². The van der Waals surface area contributed by atoms with Crippen molar-refractivity contribution in [2.24, 2.45) is 5.41 Å². The van der Waals surface area contributed by atoms with E-state index in [4.69, 9.17) is 11.6 Å². The summed E-state index contributed by atoms with van der Waals surface area (Å²) >= 11 is 6.24. The van der Waals surface area contributed by atoms with E-state index >= 15 is 0 Å². The Morgan fingerprint density at radius 3 is 2.08 bits per heavy atom. The third-order valence-electron chi connectivity index (χ3n) is 8.34. The SMILES string of the molecule is O=C(c1ccc(F)cc1)C1C(c2ccc(Cl)cc2)C2(C(=O)c3ccccc3C2=O)C2C=Cc3ccccc3N12. The third-order valence-corrected chi connectivity index (χ3v) is 8.59. The molecule has 0 N–H and O–H groups in total. The number of ketones is 3. The van der Waals surface area contributed by atoms with Crippen molar-refractivity contribution in [1.82, 2.24) is 0 Å². The first-order valence-corrected chi connectivity index (χ1v) is 13.1. The van der Waals surface area contributed by atoms with Crippen LogP contribution in [0.3, 0.4) is 0 Å². The summed E-state index contributed by atoms with van der Waals surface area (Å²) in [5, 5.41) is 0.502. The van der Waals surface area contributed by atoms with Crippen LogP contribution in [-0.4, -0.2) is 29.4 Å². The van der Waals surface area contributed by atoms with Crippen LogP contribution in [0.5, 0.6) is 0 Å². The summed E-state index contributed by atoms with van der Waals surface area (Å²) in [6, 6.07) is 25.3. The summed E-state index contributed by atoms with van der Waals surface area (Å²) in [4.78, 5) is 45.5. The third kappa shape index (κ3) is 3.20. The molecule has 39 heavy (non-hydrogen) atoms. The lowest BCUT2D eigenvalue weighted by atomic mass is 9.64. The van der Waals surface area contributed by atoms with Crippen LogP contribution < -0.4 is 4.90 Å². The van der Waals surface area contributed by atoms with E-state index in [-0.39, 0.29) is 17.3 Å². The number of hydrogen-bond acceptors (Lipinski definition) is 4. The molecule has 7 rings (SSSR count). The van der Waals surface area contributed by atoms with Gasteiger partial charge in [-0.25, -0.2) is 4.39 Å². The Bertz CT molecular complexity index is 1670. The summed E-state index contributed by atoms with van der Waals surface area (Å²) in [5.74, 6) is -2.17. The second kappa shape index (κ2) is 8.58. The lowest BCUT2D eigenvalue weighted by Crippen LogP contribution is -2.48. The molecule has 4 aromatic rings. The predicted octanol–water partition coefficient (Wildman–Crippen LogP) is 6.80. The maximum absolute atomic E-state index is 14.5. The largest absolute Gasteiger partial charge is 0.352 e. The molecule has 190 valence electrons. The van der Waals surface area contributed by atoms with Gasteiger partial charge in [-0.3, -0.25) is 14.4 Å². The van der Waals surface area contributed by atoms with Crippen molar-refractivity contribution in [1.29, 1.82) is 0 Å². The number of anilines is 1. The van der Waals surface area contributed by atoms with Crippen LogP contribution in [0.25, 0.3) is 6.08 Å². The van der Waals surface area contributed by atoms with Crippen LogP contribution in [0.15, 0.2) is 103 Å². The second-order valence-electron chi connectivity index (χ2n) is 10.2. The summed E-state index contributed by atoms with van der Waals surface area (Å²) < 4.78 is 13.8. The Labute approximate surface area is 229 Å². The minimum Gasteiger partial charge on any atom is -0.352 e. The monoisotopic (exact) mass is 533 g/mol. The van der Waals surface area contributed by atoms with Gasteiger partial charge in [0.05, 0.1) is 6.04 Å². The van der Waals surface area contributed by atoms with Crippen molar-refractivity contribution in [2.75, 3.05) is 4.90 Å². The predicted molar refractivity (Wildman–Crippen MR) is 148 cm³/mol. The van der Waals surface area contributed by atoms with Crippen molar-refractivity contribution in [2.45, 2.75) is 18.0 Å². The number of Topliss-reactive ketones (excluding diaryl/α,β-unsaturated/α-hetero) is 3. The molecule has 1 saturated heterocycles. The van der Waals surface area contributed by atoms with E-state index in [1.165, 1.54) is 24.3 Å². The fourth-order valence-electron chi connectivity index (χ4n) is 6.75. The van der Waals surface area contributed by atoms with Gasteiger partial charge in [-0.15, -0.1) is 0 Å². The smallest absolute Gasteiger partial charge is 0.185 e. The first-order valence-electron chi connectivity index (χ1n) is 12.7. The standard InChI is InChI=1S/C33H21ClFNO3/c34-22-14-9-20(10-15-22)28-29(30(37)21-11-16-23(35)17-12-21)36-26-8-4-1-5-19(26)13-18-27(36)33(28)31(38)24-6-2-3-7-25(24)32(33)39/h1-18,27-29H. The van der Waals surface area contributed by atoms with E-state index in [0.717, 1.165) is 11.3 Å². The molecule has 4 nitrogen and oxygen atoms in total. The van der Waals surface area contributed by atoms with Crippen molar-refractivity contribution in [3.63, 3.8) is 0 Å². The molecule has 0 saturated carbocycles. The van der Waals surface area contributed by atoms with Crippen LogP contribution in [0.2, 0.25) is 5.02 Å². The van der Waals surface area contributed by atoms with Gasteiger partial charge in [0.25, 0.3) is 0 Å². The first kappa shape index (κ1) is 23.7. The number of halogens is 2. The van der Waals surface area contributed by atoms with Gasteiger partial charge < -0.3 is 4.90 Å². The average Bonchev–Trinajstić information content (AvgIpc) is 3.40. The quantitative estimate of drug-likeness (QED) is 0.215. The van der Waals surface area contributed by atoms with Gasteiger partial charge in [-0.05, 0) is 53.6 Å². The maximum Gasteiger partial charge on any atom is 0.185 e. The number of carbonyl (C=O) groups is 3. The zero-order valence-corrected chi connectivity index (χ0v) is 21.3. The van der Waals surface area contributed by atoms with Gasteiger partial charge >= 0.3 is 0 Å². The summed E-state index contributed by atoms with van der Waals surface area (Å²) in [6.07, 6.45) is 3.80. The van der Waals surface area contributed by atoms with Gasteiger partial charge in [0.15, 0.2) is 17.3 Å². The molecule has 0 radical (unpaired) electrons. The van der Waals surface area contributed by atoms with Crippen LogP contribution in [0.4, 0.5) is 10.1 Å². The van der Waals surface area contributed by atoms with Crippen molar-refractivity contribution in [3.05, 3.63) is 142 Å². The highest BCUT2D eigenvalue weighted by atomic mass is 35.5. The summed E-state index contributed by atoms with van der Waals surface area (Å²) in [7, 11) is 0. The highest BCUT2D eigenvalue weighted by molar-refractivity contribution is 6.32. The number of nitrogens with zero attached hydrogens (tertiary/aromatic N) is 1. The zero-order chi connectivity index (χ0) is 26.9. The molecule has 3 aliphatic rings. The molecule has 6 heteroatoms. The molecular weight excluding hydrogens is 513 g/mol. The maximum atomic E-state index is 14.5. The van der Waals surface area contributed by atoms with Crippen LogP contribution in [0.1, 0.15) is 48.1 Å². The molecular formula is C33H21ClFNO3. The van der Waals surface area contributed by atoms with E-state index in [0.29, 0.717) is 27.3 Å². The summed E-state index contributed by atoms with van der Waals surface area (Å²) in [5.41, 5.74) is 1.76. The molecule has 0 amide bonds. The van der Waals surface area contributed by atoms with Crippen molar-refractivity contribution < 1.29 is 18.8 Å². The van der Waals surface area contributed by atoms with E-state index in [1.54, 1.807) is 48.5 Å². The van der Waals surface area contributed by atoms with Crippen LogP contribution in [0, 0.1) is 11.2 Å². The Kier molecular flexibility index (Phi) is 5.23. The number of fused-ring (bicyclic) bond motifs is 5. The molecule has 2 heterocycles. The Hall–Kier alpha value is -4.35. The Balaban J connectivity index is 1.54. The molecule has 0 aromatic heterocycles. The van der Waals surface area contributed by atoms with Crippen LogP contribution in [-0.2, 0) is 0 Å². The number of para-hydroxylation sites is 1. The van der Waals surface area contributed by atoms with E-state index in [2.05, 4.69) is 0 Å². The Morgan fingerprint density at radius 2 is 1.41 bits per heavy atom. The highest BCUT2D eigenvalue weighted by Gasteiger charge is 2.71. The lowest BCUT2D eigenvalue weighted by molar-refractivity contribution is 0.0666. The topological polar surface area (TPSA) is 54.5 Å². The minimum absolute atomic E-state index is 0.293. The molecule has 1 spiro atoms. The van der Waals surface area contributed by atoms with Crippen LogP contribution >= 0.6 is 11.6 Å². The van der Waals surface area contributed by atoms with E-state index in [1.807, 2.05) is 41.3 Å². The fourth-order valence-corrected chi connectivity index (χ4v) is 6.87. The van der Waals surface area contributed by atoms with Gasteiger partial charge in [0.2, 0.25) is 0 Å². The Morgan fingerprint density at radius 1 is 0.795 bits per heavy atom. The highest BCUT2D eigenvalue weighted by Crippen LogP contribution is 2.61. The van der Waals surface area contributed by atoms with Crippen molar-refractivity contribution >= 4 is 40.7 Å². The molecule has 3 atom stereocenters. The number of carbonyl (C=O) groups excluding carboxylic acids is 3. The lowest BCUT2D eigenvalue weighted by Gasteiger charge is -2.37. The number of rotatable bonds is 3. The van der Waals surface area contributed by atoms with Gasteiger partial charge in [-0.2, -0.15) is 0 Å². The van der Waals surface area contributed by atoms with Gasteiger partial charge in [0.1, 0.15) is 17.3 Å². The number of benzene rings is 4. The van der Waals surface area contributed by atoms with Crippen molar-refractivity contribution in [3.8, 4) is 0 Å². The molecule has 4 aromatic carbocycles. The average molecular weight is 534 g/mol. The second-order valence-corrected chi connectivity index (χ2v) is 10.6. The van der Waals surface area contributed by atoms with E-state index in [9.17, 15) is 18.8 Å². The zero-order valence-electron chi connectivity index (χ0n) is 20.6.